The zero-order valence-electron chi connectivity index (χ0n) is 16.9. The maximum Gasteiger partial charge on any atom is 0.142 e. The fourth-order valence-electron chi connectivity index (χ4n) is 4.07. The molecule has 0 amide bonds. The summed E-state index contributed by atoms with van der Waals surface area (Å²) in [5.41, 5.74) is 6.83. The van der Waals surface area contributed by atoms with Crippen LogP contribution in [-0.2, 0) is 0 Å². The van der Waals surface area contributed by atoms with Crippen LogP contribution in [0.3, 0.4) is 0 Å². The van der Waals surface area contributed by atoms with Crippen molar-refractivity contribution < 1.29 is 22.0 Å². The molecule has 1 saturated heterocycles. The molecule has 1 N–H and O–H groups in total. The van der Waals surface area contributed by atoms with E-state index in [2.05, 4.69) is 63.7 Å². The third-order valence-corrected chi connectivity index (χ3v) is 6.82. The van der Waals surface area contributed by atoms with Gasteiger partial charge in [0.2, 0.25) is 0 Å². The number of hydrogen-bond donors (Lipinski definition) is 1. The second kappa shape index (κ2) is 10.3. The number of para-hydroxylation sites is 2. The summed E-state index contributed by atoms with van der Waals surface area (Å²) < 4.78 is 5.55. The van der Waals surface area contributed by atoms with Crippen molar-refractivity contribution in [3.63, 3.8) is 0 Å². The topological polar surface area (TPSA) is 16.9 Å². The van der Waals surface area contributed by atoms with Crippen LogP contribution in [0.5, 0.6) is 5.75 Å². The summed E-state index contributed by atoms with van der Waals surface area (Å²) >= 11 is 3.55. The van der Waals surface area contributed by atoms with Crippen molar-refractivity contribution in [2.24, 2.45) is 0 Å². The summed E-state index contributed by atoms with van der Waals surface area (Å²) in [5.74, 6) is 0.972. The highest BCUT2D eigenvalue weighted by atomic mass is 35.5. The summed E-state index contributed by atoms with van der Waals surface area (Å²) in [6, 6.07) is 12.8. The summed E-state index contributed by atoms with van der Waals surface area (Å²) in [6.07, 6.45) is 0. The van der Waals surface area contributed by atoms with Crippen molar-refractivity contribution in [1.29, 1.82) is 0 Å². The molecule has 0 unspecified atom stereocenters. The quantitative estimate of drug-likeness (QED) is 0.609. The van der Waals surface area contributed by atoms with E-state index in [-0.39, 0.29) is 12.4 Å². The smallest absolute Gasteiger partial charge is 0.142 e. The van der Waals surface area contributed by atoms with Crippen molar-refractivity contribution in [1.82, 2.24) is 0 Å². The van der Waals surface area contributed by atoms with Gasteiger partial charge < -0.3 is 26.9 Å². The van der Waals surface area contributed by atoms with Gasteiger partial charge in [-0.25, -0.2) is 0 Å². The maximum atomic E-state index is 5.55. The van der Waals surface area contributed by atoms with E-state index in [1.54, 1.807) is 34.7 Å². The Kier molecular flexibility index (Phi) is 7.78. The van der Waals surface area contributed by atoms with Crippen LogP contribution in [0.2, 0.25) is 0 Å². The number of quaternary nitrogens is 1. The molecule has 1 aliphatic rings. The molecule has 154 valence electrons. The van der Waals surface area contributed by atoms with Gasteiger partial charge in [-0.1, -0.05) is 12.1 Å². The molecule has 3 nitrogen and oxygen atoms in total. The van der Waals surface area contributed by atoms with Gasteiger partial charge in [-0.2, -0.15) is 22.7 Å². The van der Waals surface area contributed by atoms with Crippen LogP contribution in [0.4, 0.5) is 5.69 Å². The van der Waals surface area contributed by atoms with Crippen LogP contribution in [0, 0.1) is 0 Å². The third kappa shape index (κ3) is 5.04. The molecule has 4 rings (SSSR count). The number of benzene rings is 1. The van der Waals surface area contributed by atoms with Gasteiger partial charge in [-0.3, -0.25) is 0 Å². The average molecular weight is 447 g/mol. The van der Waals surface area contributed by atoms with E-state index in [1.165, 1.54) is 28.0 Å². The van der Waals surface area contributed by atoms with Crippen molar-refractivity contribution in [3.05, 3.63) is 74.6 Å². The first-order valence-corrected chi connectivity index (χ1v) is 11.6. The first kappa shape index (κ1) is 21.9. The van der Waals surface area contributed by atoms with E-state index >= 15 is 0 Å². The molecule has 29 heavy (non-hydrogen) atoms. The number of methoxy groups -OCH3 is 1. The van der Waals surface area contributed by atoms with Crippen LogP contribution in [0.25, 0.3) is 5.57 Å². The highest BCUT2D eigenvalue weighted by Crippen LogP contribution is 2.30. The Balaban J connectivity index is 0.00000240. The number of anilines is 1. The highest BCUT2D eigenvalue weighted by molar-refractivity contribution is 7.08. The van der Waals surface area contributed by atoms with Crippen molar-refractivity contribution in [3.8, 4) is 5.75 Å². The molecule has 0 saturated carbocycles. The molecule has 1 aromatic carbocycles. The zero-order chi connectivity index (χ0) is 19.3. The SMILES string of the molecule is COc1ccccc1N1CC[NH+](CC(C)=C(c2ccsc2)c2ccsc2)CC1.[Cl-]. The third-order valence-electron chi connectivity index (χ3n) is 5.46. The van der Waals surface area contributed by atoms with E-state index < -0.39 is 0 Å². The normalized spacial score (nSPS) is 14.3. The van der Waals surface area contributed by atoms with E-state index in [9.17, 15) is 0 Å². The number of piperazine rings is 1. The fraction of sp³-hybridized carbons (Fsp3) is 0.304. The molecule has 3 aromatic rings. The molecule has 0 atom stereocenters. The maximum absolute atomic E-state index is 5.55. The first-order chi connectivity index (χ1) is 13.8. The van der Waals surface area contributed by atoms with Crippen LogP contribution in [0.1, 0.15) is 18.1 Å². The lowest BCUT2D eigenvalue weighted by Gasteiger charge is -2.34. The number of nitrogens with zero attached hydrogens (tertiary/aromatic N) is 1. The van der Waals surface area contributed by atoms with Gasteiger partial charge in [0, 0.05) is 0 Å². The van der Waals surface area contributed by atoms with Crippen molar-refractivity contribution in [2.45, 2.75) is 6.92 Å². The lowest BCUT2D eigenvalue weighted by Crippen LogP contribution is -3.15. The Hall–Kier alpha value is -1.79. The number of rotatable bonds is 6. The number of nitrogens with one attached hydrogen (secondary N) is 1. The summed E-state index contributed by atoms with van der Waals surface area (Å²) in [6.45, 7) is 7.83. The minimum Gasteiger partial charge on any atom is -1.00 e. The number of ether oxygens (including phenoxy) is 1. The highest BCUT2D eigenvalue weighted by Gasteiger charge is 2.23. The Morgan fingerprint density at radius 1 is 1.00 bits per heavy atom. The standard InChI is InChI=1S/C23H26N2OS2.ClH/c1-18(23(19-7-13-27-16-19)20-8-14-28-17-20)15-24-9-11-25(12-10-24)21-5-3-4-6-22(21)26-2;/h3-8,13-14,16-17H,9-12,15H2,1-2H3;1H. The van der Waals surface area contributed by atoms with Crippen molar-refractivity contribution >= 4 is 33.9 Å². The van der Waals surface area contributed by atoms with Gasteiger partial charge >= 0.3 is 0 Å². The van der Waals surface area contributed by atoms with E-state index in [1.807, 2.05) is 6.07 Å². The predicted octanol–water partition coefficient (Wildman–Crippen LogP) is 1.05. The molecule has 0 radical (unpaired) electrons. The predicted molar refractivity (Wildman–Crippen MR) is 121 cm³/mol. The summed E-state index contributed by atoms with van der Waals surface area (Å²) in [4.78, 5) is 4.12. The largest absolute Gasteiger partial charge is 1.00 e. The van der Waals surface area contributed by atoms with Crippen LogP contribution in [-0.4, -0.2) is 39.8 Å². The monoisotopic (exact) mass is 446 g/mol. The minimum absolute atomic E-state index is 0. The molecule has 1 aliphatic heterocycles. The second-order valence-electron chi connectivity index (χ2n) is 7.27. The van der Waals surface area contributed by atoms with Gasteiger partial charge in [-0.05, 0) is 75.0 Å². The van der Waals surface area contributed by atoms with Gasteiger partial charge in [0.1, 0.15) is 5.75 Å². The lowest BCUT2D eigenvalue weighted by molar-refractivity contribution is -0.895. The van der Waals surface area contributed by atoms with Crippen molar-refractivity contribution in [2.75, 3.05) is 44.7 Å². The Morgan fingerprint density at radius 2 is 1.62 bits per heavy atom. The molecule has 2 aromatic heterocycles. The first-order valence-electron chi connectivity index (χ1n) is 9.72. The fourth-order valence-corrected chi connectivity index (χ4v) is 5.36. The van der Waals surface area contributed by atoms with Gasteiger partial charge in [0.15, 0.2) is 0 Å². The molecule has 0 bridgehead atoms. The van der Waals surface area contributed by atoms with E-state index in [0.29, 0.717) is 0 Å². The zero-order valence-corrected chi connectivity index (χ0v) is 19.2. The molecule has 0 spiro atoms. The van der Waals surface area contributed by atoms with Crippen LogP contribution in [0.15, 0.2) is 63.5 Å². The van der Waals surface area contributed by atoms with Crippen LogP contribution < -0.4 is 26.9 Å². The molecule has 6 heteroatoms. The Labute approximate surface area is 187 Å². The molecule has 1 fully saturated rings. The summed E-state index contributed by atoms with van der Waals surface area (Å²) in [7, 11) is 1.75. The second-order valence-corrected chi connectivity index (χ2v) is 8.83. The molecular formula is C23H27ClN2OS2. The number of thiophene rings is 2. The Morgan fingerprint density at radius 3 is 2.17 bits per heavy atom. The number of halogens is 1. The average Bonchev–Trinajstić information content (AvgIpc) is 3.44. The van der Waals surface area contributed by atoms with Gasteiger partial charge in [0.25, 0.3) is 0 Å². The number of hydrogen-bond acceptors (Lipinski definition) is 4. The van der Waals surface area contributed by atoms with Gasteiger partial charge in [-0.15, -0.1) is 0 Å². The molecular weight excluding hydrogens is 420 g/mol. The van der Waals surface area contributed by atoms with Crippen LogP contribution >= 0.6 is 22.7 Å². The Bertz CT molecular complexity index is 878. The summed E-state index contributed by atoms with van der Waals surface area (Å²) in [5, 5.41) is 8.89. The van der Waals surface area contributed by atoms with E-state index in [4.69, 9.17) is 4.74 Å². The minimum atomic E-state index is 0. The van der Waals surface area contributed by atoms with Gasteiger partial charge in [0.05, 0.1) is 45.5 Å². The molecule has 3 heterocycles. The van der Waals surface area contributed by atoms with E-state index in [0.717, 1.165) is 38.5 Å². The lowest BCUT2D eigenvalue weighted by atomic mass is 9.97. The molecule has 0 aliphatic carbocycles.